The molecule has 2 aliphatic rings. The normalized spacial score (nSPS) is 23.5. The summed E-state index contributed by atoms with van der Waals surface area (Å²) in [5.41, 5.74) is 0.114. The van der Waals surface area contributed by atoms with Crippen LogP contribution < -0.4 is 0 Å². The Morgan fingerprint density at radius 2 is 1.33 bits per heavy atom. The van der Waals surface area contributed by atoms with Crippen molar-refractivity contribution in [1.82, 2.24) is 4.90 Å². The second-order valence-corrected chi connectivity index (χ2v) is 6.50. The molecule has 2 aliphatic carbocycles. The number of hydrogen-bond acceptors (Lipinski definition) is 2. The van der Waals surface area contributed by atoms with Gasteiger partial charge in [0.15, 0.2) is 0 Å². The van der Waals surface area contributed by atoms with E-state index in [4.69, 9.17) is 4.43 Å². The second-order valence-electron chi connectivity index (χ2n) is 6.09. The standard InChI is InChI=1S/C15H31NOSi/c1-3-16(4-2)15(17-18,13-9-5-6-10-13)14-11-7-8-12-14/h13-14H,3-12H2,1-2,18H3. The Hall–Kier alpha value is 0.137. The SMILES string of the molecule is CCN(CC)C(O[SiH3])(C1CCCC1)C1CCCC1. The molecule has 2 saturated carbocycles. The van der Waals surface area contributed by atoms with Gasteiger partial charge in [0, 0.05) is 11.8 Å². The molecule has 0 spiro atoms. The molecule has 0 amide bonds. The molecule has 0 aromatic heterocycles. The van der Waals surface area contributed by atoms with Crippen LogP contribution in [0.25, 0.3) is 0 Å². The van der Waals surface area contributed by atoms with Crippen LogP contribution in [0.15, 0.2) is 0 Å². The van der Waals surface area contributed by atoms with E-state index in [9.17, 15) is 0 Å². The largest absolute Gasteiger partial charge is 0.410 e. The minimum Gasteiger partial charge on any atom is -0.410 e. The Bertz CT molecular complexity index is 221. The molecule has 0 saturated heterocycles. The average molecular weight is 270 g/mol. The maximum absolute atomic E-state index is 6.41. The van der Waals surface area contributed by atoms with E-state index >= 15 is 0 Å². The van der Waals surface area contributed by atoms with Crippen molar-refractivity contribution < 1.29 is 4.43 Å². The summed E-state index contributed by atoms with van der Waals surface area (Å²) in [5, 5.41) is 0. The average Bonchev–Trinajstić information content (AvgIpc) is 3.08. The molecule has 106 valence electrons. The smallest absolute Gasteiger partial charge is 0.148 e. The molecule has 0 unspecified atom stereocenters. The molecule has 0 bridgehead atoms. The van der Waals surface area contributed by atoms with Crippen LogP contribution in [0.3, 0.4) is 0 Å². The third-order valence-corrected chi connectivity index (χ3v) is 6.12. The van der Waals surface area contributed by atoms with Gasteiger partial charge in [-0.25, -0.2) is 0 Å². The van der Waals surface area contributed by atoms with Crippen molar-refractivity contribution in [2.24, 2.45) is 11.8 Å². The second kappa shape index (κ2) is 6.53. The molecule has 0 radical (unpaired) electrons. The first-order chi connectivity index (χ1) is 8.79. The van der Waals surface area contributed by atoms with Gasteiger partial charge in [-0.1, -0.05) is 39.5 Å². The van der Waals surface area contributed by atoms with Crippen LogP contribution in [0.5, 0.6) is 0 Å². The number of nitrogens with zero attached hydrogens (tertiary/aromatic N) is 1. The summed E-state index contributed by atoms with van der Waals surface area (Å²) in [6, 6.07) is 0. The van der Waals surface area contributed by atoms with Gasteiger partial charge in [0.05, 0.1) is 0 Å². The Morgan fingerprint density at radius 1 is 0.944 bits per heavy atom. The molecule has 2 fully saturated rings. The first kappa shape index (κ1) is 14.5. The highest BCUT2D eigenvalue weighted by molar-refractivity contribution is 5.98. The first-order valence-electron chi connectivity index (χ1n) is 8.09. The van der Waals surface area contributed by atoms with E-state index in [1.54, 1.807) is 0 Å². The third kappa shape index (κ3) is 2.41. The fourth-order valence-electron chi connectivity index (χ4n) is 4.71. The first-order valence-corrected chi connectivity index (χ1v) is 8.91. The van der Waals surface area contributed by atoms with Crippen LogP contribution in [0, 0.1) is 11.8 Å². The summed E-state index contributed by atoms with van der Waals surface area (Å²) < 4.78 is 6.41. The van der Waals surface area contributed by atoms with E-state index in [2.05, 4.69) is 18.7 Å². The van der Waals surface area contributed by atoms with Gasteiger partial charge in [-0.2, -0.15) is 0 Å². The highest BCUT2D eigenvalue weighted by atomic mass is 28.2. The zero-order valence-electron chi connectivity index (χ0n) is 12.6. The molecular weight excluding hydrogens is 238 g/mol. The van der Waals surface area contributed by atoms with E-state index in [0.717, 1.165) is 35.4 Å². The fraction of sp³-hybridized carbons (Fsp3) is 1.00. The van der Waals surface area contributed by atoms with Crippen molar-refractivity contribution in [3.63, 3.8) is 0 Å². The van der Waals surface area contributed by atoms with E-state index in [0.29, 0.717) is 0 Å². The van der Waals surface area contributed by atoms with Crippen LogP contribution in [-0.2, 0) is 4.43 Å². The molecule has 0 heterocycles. The van der Waals surface area contributed by atoms with Crippen molar-refractivity contribution in [3.8, 4) is 0 Å². The third-order valence-electron chi connectivity index (χ3n) is 5.46. The van der Waals surface area contributed by atoms with E-state index in [1.165, 1.54) is 51.4 Å². The van der Waals surface area contributed by atoms with Crippen molar-refractivity contribution in [2.75, 3.05) is 13.1 Å². The van der Waals surface area contributed by atoms with Crippen LogP contribution >= 0.6 is 0 Å². The van der Waals surface area contributed by atoms with Gasteiger partial charge in [0.25, 0.3) is 0 Å². The summed E-state index contributed by atoms with van der Waals surface area (Å²) in [7, 11) is 0.881. The van der Waals surface area contributed by atoms with E-state index in [-0.39, 0.29) is 5.72 Å². The number of hydrogen-bond donors (Lipinski definition) is 0. The minimum atomic E-state index is 0.114. The van der Waals surface area contributed by atoms with Gasteiger partial charge in [-0.05, 0) is 38.8 Å². The Balaban J connectivity index is 2.27. The quantitative estimate of drug-likeness (QED) is 0.543. The van der Waals surface area contributed by atoms with Gasteiger partial charge in [0.2, 0.25) is 0 Å². The van der Waals surface area contributed by atoms with Crippen molar-refractivity contribution >= 4 is 10.5 Å². The predicted molar refractivity (Wildman–Crippen MR) is 80.6 cm³/mol. The Morgan fingerprint density at radius 3 is 1.61 bits per heavy atom. The lowest BCUT2D eigenvalue weighted by Gasteiger charge is -2.51. The van der Waals surface area contributed by atoms with Crippen LogP contribution in [-0.4, -0.2) is 34.2 Å². The monoisotopic (exact) mass is 269 g/mol. The van der Waals surface area contributed by atoms with Crippen molar-refractivity contribution in [1.29, 1.82) is 0 Å². The highest BCUT2D eigenvalue weighted by Gasteiger charge is 2.49. The summed E-state index contributed by atoms with van der Waals surface area (Å²) in [6.07, 6.45) is 11.3. The van der Waals surface area contributed by atoms with Gasteiger partial charge >= 0.3 is 0 Å². The summed E-state index contributed by atoms with van der Waals surface area (Å²) >= 11 is 0. The predicted octanol–water partition coefficient (Wildman–Crippen LogP) is 2.70. The minimum absolute atomic E-state index is 0.114. The maximum atomic E-state index is 6.41. The van der Waals surface area contributed by atoms with Crippen LogP contribution in [0.1, 0.15) is 65.2 Å². The summed E-state index contributed by atoms with van der Waals surface area (Å²) in [5.74, 6) is 1.61. The Labute approximate surface area is 116 Å². The lowest BCUT2D eigenvalue weighted by molar-refractivity contribution is -0.159. The molecule has 0 aromatic carbocycles. The molecule has 18 heavy (non-hydrogen) atoms. The zero-order chi connectivity index (χ0) is 13.0. The zero-order valence-corrected chi connectivity index (χ0v) is 14.6. The maximum Gasteiger partial charge on any atom is 0.148 e. The molecule has 0 aliphatic heterocycles. The van der Waals surface area contributed by atoms with Crippen LogP contribution in [0.2, 0.25) is 0 Å². The molecule has 0 N–H and O–H groups in total. The summed E-state index contributed by atoms with van der Waals surface area (Å²) in [6.45, 7) is 6.91. The molecule has 0 atom stereocenters. The van der Waals surface area contributed by atoms with Gasteiger partial charge in [0.1, 0.15) is 16.2 Å². The molecule has 0 aromatic rings. The lowest BCUT2D eigenvalue weighted by atomic mass is 9.80. The Kier molecular flexibility index (Phi) is 5.28. The molecule has 3 heteroatoms. The summed E-state index contributed by atoms with van der Waals surface area (Å²) in [4.78, 5) is 2.66. The van der Waals surface area contributed by atoms with E-state index < -0.39 is 0 Å². The molecular formula is C15H31NOSi. The van der Waals surface area contributed by atoms with Gasteiger partial charge < -0.3 is 4.43 Å². The lowest BCUT2D eigenvalue weighted by Crippen LogP contribution is -2.59. The number of rotatable bonds is 6. The molecule has 2 rings (SSSR count). The molecule has 2 nitrogen and oxygen atoms in total. The van der Waals surface area contributed by atoms with Gasteiger partial charge in [-0.15, -0.1) is 0 Å². The van der Waals surface area contributed by atoms with Crippen LogP contribution in [0.4, 0.5) is 0 Å². The van der Waals surface area contributed by atoms with E-state index in [1.807, 2.05) is 0 Å². The van der Waals surface area contributed by atoms with Gasteiger partial charge in [-0.3, -0.25) is 4.90 Å². The van der Waals surface area contributed by atoms with Crippen molar-refractivity contribution in [3.05, 3.63) is 0 Å². The topological polar surface area (TPSA) is 12.5 Å². The van der Waals surface area contributed by atoms with Crippen molar-refractivity contribution in [2.45, 2.75) is 70.9 Å². The fourth-order valence-corrected chi connectivity index (χ4v) is 5.63. The highest BCUT2D eigenvalue weighted by Crippen LogP contribution is 2.48.